The highest BCUT2D eigenvalue weighted by molar-refractivity contribution is 7.86. The molecule has 0 aromatic heterocycles. The molecule has 0 fully saturated rings. The monoisotopic (exact) mass is 403 g/mol. The van der Waals surface area contributed by atoms with Gasteiger partial charge >= 0.3 is 35.1 Å². The molecule has 0 aliphatic rings. The van der Waals surface area contributed by atoms with Crippen molar-refractivity contribution < 1.29 is 70.0 Å². The van der Waals surface area contributed by atoms with E-state index < -0.39 is 45.2 Å². The average Bonchev–Trinajstić information content (AvgIpc) is 2.24. The van der Waals surface area contributed by atoms with Gasteiger partial charge in [0.05, 0.1) is 0 Å². The summed E-state index contributed by atoms with van der Waals surface area (Å²) < 4.78 is 189. The smallest absolute Gasteiger partial charge is 0.460 e. The minimum Gasteiger partial charge on any atom is -0.743 e. The van der Waals surface area contributed by atoms with Crippen LogP contribution < -0.4 is 0 Å². The Labute approximate surface area is 116 Å². The van der Waals surface area contributed by atoms with Crippen LogP contribution in [0.15, 0.2) is 0 Å². The molecule has 0 saturated heterocycles. The quantitative estimate of drug-likeness (QED) is 0.403. The summed E-state index contributed by atoms with van der Waals surface area (Å²) in [6, 6.07) is 0. The van der Waals surface area contributed by atoms with Crippen LogP contribution in [0.2, 0.25) is 0 Å². The highest BCUT2D eigenvalue weighted by atomic mass is 32.2. The lowest BCUT2D eigenvalue weighted by molar-refractivity contribution is -0.433. The van der Waals surface area contributed by atoms with Gasteiger partial charge in [0.2, 0.25) is 0 Å². The van der Waals surface area contributed by atoms with Crippen molar-refractivity contribution in [2.24, 2.45) is 0 Å². The van der Waals surface area contributed by atoms with Gasteiger partial charge in [0.25, 0.3) is 0 Å². The first-order valence-electron chi connectivity index (χ1n) is 4.41. The van der Waals surface area contributed by atoms with E-state index in [1.165, 1.54) is 0 Å². The van der Waals surface area contributed by atoms with Crippen LogP contribution in [0.1, 0.15) is 0 Å². The van der Waals surface area contributed by atoms with Gasteiger partial charge in [0.1, 0.15) is 0 Å². The molecule has 0 unspecified atom stereocenters. The topological polar surface area (TPSA) is 57.2 Å². The summed E-state index contributed by atoms with van der Waals surface area (Å²) in [5.74, 6) is -32.6. The van der Waals surface area contributed by atoms with Crippen molar-refractivity contribution in [3.05, 3.63) is 0 Å². The summed E-state index contributed by atoms with van der Waals surface area (Å²) in [6.07, 6.45) is -7.61. The van der Waals surface area contributed by atoms with E-state index >= 15 is 0 Å². The highest BCUT2D eigenvalue weighted by Gasteiger charge is 2.91. The van der Waals surface area contributed by atoms with Crippen molar-refractivity contribution in [2.45, 2.75) is 35.1 Å². The molecule has 17 heteroatoms. The molecule has 140 valence electrons. The number of hydrogen-bond acceptors (Lipinski definition) is 3. The maximum atomic E-state index is 12.7. The zero-order valence-corrected chi connectivity index (χ0v) is 10.4. The van der Waals surface area contributed by atoms with E-state index in [9.17, 15) is 70.0 Å². The van der Waals surface area contributed by atoms with Gasteiger partial charge < -0.3 is 4.55 Å². The van der Waals surface area contributed by atoms with Crippen LogP contribution >= 0.6 is 0 Å². The molecule has 0 spiro atoms. The van der Waals surface area contributed by atoms with Crippen LogP contribution in [-0.2, 0) is 10.1 Å². The lowest BCUT2D eigenvalue weighted by Gasteiger charge is -2.39. The predicted octanol–water partition coefficient (Wildman–Crippen LogP) is 3.23. The minimum atomic E-state index is -8.29. The van der Waals surface area contributed by atoms with Crippen LogP contribution in [0.3, 0.4) is 0 Å². The Morgan fingerprint density at radius 3 is 1.00 bits per heavy atom. The minimum absolute atomic E-state index is 7.61. The molecule has 0 aliphatic heterocycles. The molecule has 0 aromatic carbocycles. The fraction of sp³-hybridized carbons (Fsp3) is 1.00. The van der Waals surface area contributed by atoms with E-state index in [-0.39, 0.29) is 0 Å². The van der Waals surface area contributed by atoms with E-state index in [0.29, 0.717) is 0 Å². The van der Waals surface area contributed by atoms with Crippen LogP contribution in [-0.4, -0.2) is 48.1 Å². The first-order chi connectivity index (χ1) is 9.50. The highest BCUT2D eigenvalue weighted by Crippen LogP contribution is 2.60. The van der Waals surface area contributed by atoms with Gasteiger partial charge in [-0.15, -0.1) is 0 Å². The Hall–Kier alpha value is -1.00. The van der Waals surface area contributed by atoms with Crippen molar-refractivity contribution in [1.82, 2.24) is 0 Å². The first-order valence-corrected chi connectivity index (χ1v) is 5.82. The van der Waals surface area contributed by atoms with Gasteiger partial charge in [-0.2, -0.15) is 57.1 Å². The zero-order chi connectivity index (χ0) is 19.5. The second-order valence-corrected chi connectivity index (χ2v) is 5.19. The average molecular weight is 403 g/mol. The normalized spacial score (nSPS) is 16.6. The van der Waals surface area contributed by atoms with E-state index in [0.717, 1.165) is 0 Å². The molecule has 0 N–H and O–H groups in total. The zero-order valence-electron chi connectivity index (χ0n) is 9.55. The lowest BCUT2D eigenvalue weighted by Crippen LogP contribution is -2.71. The van der Waals surface area contributed by atoms with Crippen LogP contribution in [0.25, 0.3) is 0 Å². The number of hydrogen-bond donors (Lipinski definition) is 0. The van der Waals surface area contributed by atoms with E-state index in [4.69, 9.17) is 0 Å². The molecular weight excluding hydrogens is 403 g/mol. The molecular formula is C6F13O3S-. The molecule has 0 atom stereocenters. The second kappa shape index (κ2) is 5.00. The number of halogens is 13. The van der Waals surface area contributed by atoms with Crippen LogP contribution in [0.4, 0.5) is 57.1 Å². The predicted molar refractivity (Wildman–Crippen MR) is 40.5 cm³/mol. The number of alkyl halides is 13. The SMILES string of the molecule is [O-]S(=[18O])(=[18O])C(F)(F)C(F)(F)C(F)(F)C(F)(F)C(F)(F)C(F)(F)F. The van der Waals surface area contributed by atoms with Gasteiger partial charge in [-0.25, -0.2) is 8.42 Å². The van der Waals surface area contributed by atoms with E-state index in [1.54, 1.807) is 0 Å². The second-order valence-electron chi connectivity index (χ2n) is 3.77. The Kier molecular flexibility index (Phi) is 4.78. The third-order valence-electron chi connectivity index (χ3n) is 2.22. The molecule has 0 amide bonds. The van der Waals surface area contributed by atoms with Crippen molar-refractivity contribution in [3.8, 4) is 0 Å². The third-order valence-corrected chi connectivity index (χ3v) is 3.10. The van der Waals surface area contributed by atoms with Gasteiger partial charge in [0.15, 0.2) is 10.1 Å². The summed E-state index contributed by atoms with van der Waals surface area (Å²) in [5.41, 5.74) is 0. The molecule has 0 heterocycles. The Bertz CT molecular complexity index is 559. The molecule has 0 aromatic rings. The Morgan fingerprint density at radius 1 is 0.522 bits per heavy atom. The number of rotatable bonds is 5. The van der Waals surface area contributed by atoms with Crippen molar-refractivity contribution in [2.75, 3.05) is 0 Å². The maximum Gasteiger partial charge on any atom is 0.460 e. The third kappa shape index (κ3) is 2.70. The summed E-state index contributed by atoms with van der Waals surface area (Å²) in [6.45, 7) is 0. The van der Waals surface area contributed by atoms with Gasteiger partial charge in [-0.1, -0.05) is 0 Å². The van der Waals surface area contributed by atoms with Crippen molar-refractivity contribution >= 4 is 10.1 Å². The summed E-state index contributed by atoms with van der Waals surface area (Å²) in [5, 5.41) is -7.63. The van der Waals surface area contributed by atoms with E-state index in [2.05, 4.69) is 0 Å². The summed E-state index contributed by atoms with van der Waals surface area (Å²) in [7, 11) is -7.86. The molecule has 0 radical (unpaired) electrons. The van der Waals surface area contributed by atoms with Crippen molar-refractivity contribution in [1.29, 1.82) is 0 Å². The first kappa shape index (κ1) is 22.0. The fourth-order valence-corrected chi connectivity index (χ4v) is 1.35. The molecule has 3 nitrogen and oxygen atoms in total. The lowest BCUT2D eigenvalue weighted by atomic mass is 9.98. The van der Waals surface area contributed by atoms with Gasteiger partial charge in [-0.3, -0.25) is 0 Å². The van der Waals surface area contributed by atoms with Crippen LogP contribution in [0, 0.1) is 0 Å². The molecule has 23 heavy (non-hydrogen) atoms. The van der Waals surface area contributed by atoms with E-state index in [1.807, 2.05) is 0 Å². The fourth-order valence-electron chi connectivity index (χ4n) is 0.912. The molecule has 0 aliphatic carbocycles. The van der Waals surface area contributed by atoms with Crippen LogP contribution in [0.5, 0.6) is 0 Å². The molecule has 0 rings (SSSR count). The van der Waals surface area contributed by atoms with Crippen molar-refractivity contribution in [3.63, 3.8) is 0 Å². The Morgan fingerprint density at radius 2 is 0.783 bits per heavy atom. The largest absolute Gasteiger partial charge is 0.743 e. The summed E-state index contributed by atoms with van der Waals surface area (Å²) in [4.78, 5) is 0. The summed E-state index contributed by atoms with van der Waals surface area (Å²) >= 11 is 0. The standard InChI is InChI=1S/C6HF13O3S/c7-1(8,3(11,12)5(15,16)17)2(9,10)4(13,14)6(18,19)23(20,21)22/h(H,20,21,22)/p-1/i20+2,21+2. The maximum absolute atomic E-state index is 12.7. The van der Waals surface area contributed by atoms with Gasteiger partial charge in [0, 0.05) is 0 Å². The Balaban J connectivity index is 6.48. The van der Waals surface area contributed by atoms with Gasteiger partial charge in [-0.05, 0) is 0 Å². The molecule has 0 saturated carbocycles. The molecule has 0 bridgehead atoms.